The van der Waals surface area contributed by atoms with E-state index >= 15 is 0 Å². The quantitative estimate of drug-likeness (QED) is 0.421. The van der Waals surface area contributed by atoms with E-state index in [0.29, 0.717) is 24.3 Å². The smallest absolute Gasteiger partial charge is 0.208 e. The van der Waals surface area contributed by atoms with Crippen LogP contribution in [0.1, 0.15) is 20.8 Å². The van der Waals surface area contributed by atoms with Crippen molar-refractivity contribution in [3.05, 3.63) is 0 Å². The van der Waals surface area contributed by atoms with Gasteiger partial charge in [0.25, 0.3) is 0 Å². The summed E-state index contributed by atoms with van der Waals surface area (Å²) < 4.78 is 24.5. The Hall–Kier alpha value is -0.470. The van der Waals surface area contributed by atoms with Gasteiger partial charge in [-0.05, 0) is 12.8 Å². The highest BCUT2D eigenvalue weighted by atomic mass is 32.2. The maximum absolute atomic E-state index is 11.0. The normalized spacial score (nSPS) is 20.9. The number of rotatable bonds is 6. The Bertz CT molecular complexity index is 437. The molecule has 0 amide bonds. The number of nitrogens with zero attached hydrogens (tertiary/aromatic N) is 2. The van der Waals surface area contributed by atoms with Gasteiger partial charge in [-0.15, -0.1) is 0 Å². The lowest BCUT2D eigenvalue weighted by atomic mass is 10.1. The van der Waals surface area contributed by atoms with Gasteiger partial charge in [-0.1, -0.05) is 13.8 Å². The number of nitrogens with one attached hydrogen (secondary N) is 2. The van der Waals surface area contributed by atoms with Crippen LogP contribution in [0.25, 0.3) is 0 Å². The number of sulfonamides is 1. The Morgan fingerprint density at radius 1 is 1.48 bits per heavy atom. The molecule has 1 saturated heterocycles. The highest BCUT2D eigenvalue weighted by Crippen LogP contribution is 2.24. The minimum atomic E-state index is -3.14. The maximum Gasteiger partial charge on any atom is 0.208 e. The molecule has 8 heteroatoms. The average Bonchev–Trinajstić information content (AvgIpc) is 2.41. The van der Waals surface area contributed by atoms with Crippen molar-refractivity contribution in [3.63, 3.8) is 0 Å². The van der Waals surface area contributed by atoms with Gasteiger partial charge < -0.3 is 10.2 Å². The zero-order chi connectivity index (χ0) is 15.9. The molecule has 0 radical (unpaired) electrons. The number of thioether (sulfide) groups is 1. The number of hydrogen-bond donors (Lipinski definition) is 2. The molecule has 6 nitrogen and oxygen atoms in total. The van der Waals surface area contributed by atoms with Gasteiger partial charge >= 0.3 is 0 Å². The van der Waals surface area contributed by atoms with Crippen LogP contribution < -0.4 is 10.0 Å². The molecule has 124 valence electrons. The second-order valence-corrected chi connectivity index (χ2v) is 8.68. The van der Waals surface area contributed by atoms with E-state index in [4.69, 9.17) is 0 Å². The third-order valence-electron chi connectivity index (χ3n) is 3.21. The third kappa shape index (κ3) is 7.37. The van der Waals surface area contributed by atoms with E-state index in [1.54, 1.807) is 0 Å². The molecule has 0 spiro atoms. The second kappa shape index (κ2) is 8.85. The zero-order valence-electron chi connectivity index (χ0n) is 13.4. The van der Waals surface area contributed by atoms with Crippen LogP contribution in [-0.4, -0.2) is 69.3 Å². The molecule has 1 aliphatic rings. The van der Waals surface area contributed by atoms with Gasteiger partial charge in [0, 0.05) is 37.2 Å². The molecular formula is C13H28N4O2S2. The second-order valence-electron chi connectivity index (χ2n) is 5.50. The Balaban J connectivity index is 2.58. The number of hydrogen-bond acceptors (Lipinski definition) is 4. The summed E-state index contributed by atoms with van der Waals surface area (Å²) in [5, 5.41) is 3.92. The van der Waals surface area contributed by atoms with E-state index in [9.17, 15) is 8.42 Å². The van der Waals surface area contributed by atoms with Gasteiger partial charge in [0.05, 0.1) is 12.8 Å². The van der Waals surface area contributed by atoms with Gasteiger partial charge in [0.15, 0.2) is 5.96 Å². The molecular weight excluding hydrogens is 308 g/mol. The minimum absolute atomic E-state index is 0.337. The highest BCUT2D eigenvalue weighted by molar-refractivity contribution is 8.00. The summed E-state index contributed by atoms with van der Waals surface area (Å²) in [6, 6.07) is 0. The average molecular weight is 337 g/mol. The molecule has 0 saturated carbocycles. The van der Waals surface area contributed by atoms with Gasteiger partial charge in [-0.25, -0.2) is 13.1 Å². The van der Waals surface area contributed by atoms with Crippen molar-refractivity contribution >= 4 is 27.7 Å². The maximum atomic E-state index is 11.0. The third-order valence-corrected chi connectivity index (χ3v) is 5.48. The predicted molar refractivity (Wildman–Crippen MR) is 91.5 cm³/mol. The fraction of sp³-hybridized carbons (Fsp3) is 0.923. The molecule has 1 fully saturated rings. The lowest BCUT2D eigenvalue weighted by Crippen LogP contribution is -2.49. The molecule has 0 aromatic heterocycles. The van der Waals surface area contributed by atoms with E-state index < -0.39 is 10.0 Å². The van der Waals surface area contributed by atoms with Gasteiger partial charge in [-0.2, -0.15) is 11.8 Å². The molecule has 1 aliphatic heterocycles. The molecule has 1 unspecified atom stereocenters. The molecule has 2 N–H and O–H groups in total. The van der Waals surface area contributed by atoms with Crippen LogP contribution >= 0.6 is 11.8 Å². The van der Waals surface area contributed by atoms with Crippen LogP contribution in [0.2, 0.25) is 0 Å². The number of guanidine groups is 1. The highest BCUT2D eigenvalue weighted by Gasteiger charge is 2.24. The lowest BCUT2D eigenvalue weighted by molar-refractivity contribution is 0.381. The van der Waals surface area contributed by atoms with E-state index in [0.717, 1.165) is 37.6 Å². The molecule has 0 aliphatic carbocycles. The standard InChI is InChI=1S/C13H28N4O2S2/c1-5-14-13(15-6-7-16-21(4,18)19)17-8-9-20-12(10-17)11(2)3/h11-12,16H,5-10H2,1-4H3,(H,14,15). The largest absolute Gasteiger partial charge is 0.357 e. The first-order chi connectivity index (χ1) is 9.83. The van der Waals surface area contributed by atoms with Crippen LogP contribution in [0, 0.1) is 5.92 Å². The molecule has 0 bridgehead atoms. The zero-order valence-corrected chi connectivity index (χ0v) is 15.1. The Morgan fingerprint density at radius 2 is 2.19 bits per heavy atom. The SMILES string of the molecule is CCNC(=NCCNS(C)(=O)=O)N1CCSC(C(C)C)C1. The summed E-state index contributed by atoms with van der Waals surface area (Å²) in [5.74, 6) is 2.64. The minimum Gasteiger partial charge on any atom is -0.357 e. The van der Waals surface area contributed by atoms with Crippen LogP contribution in [-0.2, 0) is 10.0 Å². The number of aliphatic imine (C=N–C) groups is 1. The van der Waals surface area contributed by atoms with E-state index in [-0.39, 0.29) is 0 Å². The van der Waals surface area contributed by atoms with Crippen molar-refractivity contribution in [1.29, 1.82) is 0 Å². The fourth-order valence-electron chi connectivity index (χ4n) is 2.09. The van der Waals surface area contributed by atoms with Crippen molar-refractivity contribution < 1.29 is 8.42 Å². The molecule has 21 heavy (non-hydrogen) atoms. The summed E-state index contributed by atoms with van der Waals surface area (Å²) in [5.41, 5.74) is 0. The molecule has 1 atom stereocenters. The van der Waals surface area contributed by atoms with Crippen molar-refractivity contribution in [2.24, 2.45) is 10.9 Å². The first-order valence-corrected chi connectivity index (χ1v) is 10.4. The topological polar surface area (TPSA) is 73.8 Å². The molecule has 0 aromatic carbocycles. The van der Waals surface area contributed by atoms with Crippen molar-refractivity contribution in [1.82, 2.24) is 14.9 Å². The van der Waals surface area contributed by atoms with E-state index in [1.807, 2.05) is 18.7 Å². The van der Waals surface area contributed by atoms with Crippen molar-refractivity contribution in [3.8, 4) is 0 Å². The van der Waals surface area contributed by atoms with Crippen molar-refractivity contribution in [2.45, 2.75) is 26.0 Å². The fourth-order valence-corrected chi connectivity index (χ4v) is 3.85. The monoisotopic (exact) mass is 336 g/mol. The summed E-state index contributed by atoms with van der Waals surface area (Å²) >= 11 is 2.03. The van der Waals surface area contributed by atoms with E-state index in [1.165, 1.54) is 0 Å². The Labute approximate surface area is 133 Å². The van der Waals surface area contributed by atoms with Crippen LogP contribution in [0.15, 0.2) is 4.99 Å². The summed E-state index contributed by atoms with van der Waals surface area (Å²) in [7, 11) is -3.14. The first-order valence-electron chi connectivity index (χ1n) is 7.43. The molecule has 1 rings (SSSR count). The van der Waals surface area contributed by atoms with Gasteiger partial charge in [0.2, 0.25) is 10.0 Å². The Morgan fingerprint density at radius 3 is 2.76 bits per heavy atom. The Kier molecular flexibility index (Phi) is 7.83. The summed E-state index contributed by atoms with van der Waals surface area (Å²) in [4.78, 5) is 6.81. The van der Waals surface area contributed by atoms with E-state index in [2.05, 4.69) is 33.8 Å². The van der Waals surface area contributed by atoms with Crippen molar-refractivity contribution in [2.75, 3.05) is 44.7 Å². The van der Waals surface area contributed by atoms with Crippen LogP contribution in [0.5, 0.6) is 0 Å². The lowest BCUT2D eigenvalue weighted by Gasteiger charge is -2.36. The molecule has 1 heterocycles. The van der Waals surface area contributed by atoms with Gasteiger partial charge in [-0.3, -0.25) is 4.99 Å². The molecule has 0 aromatic rings. The summed E-state index contributed by atoms with van der Waals surface area (Å²) in [6.07, 6.45) is 1.16. The summed E-state index contributed by atoms with van der Waals surface area (Å²) in [6.45, 7) is 10.1. The van der Waals surface area contributed by atoms with Crippen LogP contribution in [0.3, 0.4) is 0 Å². The first kappa shape index (κ1) is 18.6. The van der Waals surface area contributed by atoms with Crippen LogP contribution in [0.4, 0.5) is 0 Å². The predicted octanol–water partition coefficient (Wildman–Crippen LogP) is 0.575. The van der Waals surface area contributed by atoms with Gasteiger partial charge in [0.1, 0.15) is 0 Å².